The summed E-state index contributed by atoms with van der Waals surface area (Å²) in [4.78, 5) is 10.2. The average Bonchev–Trinajstić information content (AvgIpc) is 2.75. The normalized spacial score (nSPS) is 19.0. The van der Waals surface area contributed by atoms with Gasteiger partial charge in [-0.15, -0.1) is 0 Å². The lowest BCUT2D eigenvalue weighted by atomic mass is 10.2. The molecule has 0 amide bonds. The van der Waals surface area contributed by atoms with Crippen LogP contribution in [0.2, 0.25) is 5.02 Å². The van der Waals surface area contributed by atoms with E-state index in [1.807, 2.05) is 12.1 Å². The molecule has 0 spiro atoms. The molecule has 0 N–H and O–H groups in total. The highest BCUT2D eigenvalue weighted by Gasteiger charge is 2.19. The highest BCUT2D eigenvalue weighted by atomic mass is 35.5. The van der Waals surface area contributed by atoms with Gasteiger partial charge in [0.15, 0.2) is 0 Å². The largest absolute Gasteiger partial charge is 0.369 e. The zero-order valence-corrected chi connectivity index (χ0v) is 18.3. The van der Waals surface area contributed by atoms with Crippen LogP contribution in [-0.2, 0) is 0 Å². The zero-order valence-electron chi connectivity index (χ0n) is 17.6. The summed E-state index contributed by atoms with van der Waals surface area (Å²) in [5.41, 5.74) is 3.98. The second-order valence-corrected chi connectivity index (χ2v) is 8.77. The van der Waals surface area contributed by atoms with Crippen molar-refractivity contribution in [3.8, 4) is 0 Å². The van der Waals surface area contributed by atoms with Crippen LogP contribution >= 0.6 is 11.6 Å². The van der Waals surface area contributed by atoms with E-state index in [0.29, 0.717) is 0 Å². The first-order valence-electron chi connectivity index (χ1n) is 10.9. The van der Waals surface area contributed by atoms with Gasteiger partial charge in [0.2, 0.25) is 0 Å². The molecule has 2 saturated heterocycles. The molecule has 2 aromatic carbocycles. The van der Waals surface area contributed by atoms with Gasteiger partial charge in [-0.2, -0.15) is 0 Å². The van der Waals surface area contributed by atoms with Crippen molar-refractivity contribution in [2.45, 2.75) is 13.3 Å². The Kier molecular flexibility index (Phi) is 6.96. The Morgan fingerprint density at radius 2 is 1.21 bits per heavy atom. The molecule has 0 aromatic heterocycles. The topological polar surface area (TPSA) is 13.0 Å². The third-order valence-electron chi connectivity index (χ3n) is 6.23. The fourth-order valence-corrected chi connectivity index (χ4v) is 4.66. The predicted octanol–water partition coefficient (Wildman–Crippen LogP) is 3.98. The molecule has 2 fully saturated rings. The van der Waals surface area contributed by atoms with Crippen molar-refractivity contribution >= 4 is 23.0 Å². The second-order valence-electron chi connectivity index (χ2n) is 8.33. The number of nitrogens with zero attached hydrogens (tertiary/aromatic N) is 4. The molecule has 0 aliphatic carbocycles. The van der Waals surface area contributed by atoms with Crippen LogP contribution in [0.15, 0.2) is 48.5 Å². The van der Waals surface area contributed by atoms with E-state index in [0.717, 1.165) is 44.3 Å². The number of hydrogen-bond donors (Lipinski definition) is 0. The lowest BCUT2D eigenvalue weighted by Crippen LogP contribution is -2.48. The standard InChI is InChI=1S/C24H33ClN4/c1-21-5-2-7-23(19-21)28-15-11-26(12-16-28)9-4-10-27-13-17-29(18-14-27)24-8-3-6-22(25)20-24/h2-3,5-8,19-20H,4,9-18H2,1H3. The minimum Gasteiger partial charge on any atom is -0.369 e. The quantitative estimate of drug-likeness (QED) is 0.711. The van der Waals surface area contributed by atoms with Crippen molar-refractivity contribution in [1.29, 1.82) is 0 Å². The van der Waals surface area contributed by atoms with Gasteiger partial charge in [0.25, 0.3) is 0 Å². The van der Waals surface area contributed by atoms with Crippen LogP contribution in [0.1, 0.15) is 12.0 Å². The average molecular weight is 413 g/mol. The lowest BCUT2D eigenvalue weighted by Gasteiger charge is -2.38. The molecule has 2 aliphatic heterocycles. The summed E-state index contributed by atoms with van der Waals surface area (Å²) in [5, 5.41) is 0.826. The summed E-state index contributed by atoms with van der Waals surface area (Å²) in [7, 11) is 0. The SMILES string of the molecule is Cc1cccc(N2CCN(CCCN3CCN(c4cccc(Cl)c4)CC3)CC2)c1. The first-order valence-corrected chi connectivity index (χ1v) is 11.3. The Morgan fingerprint density at radius 3 is 1.72 bits per heavy atom. The van der Waals surface area contributed by atoms with Crippen LogP contribution in [-0.4, -0.2) is 75.2 Å². The molecule has 4 nitrogen and oxygen atoms in total. The Labute approximate surface area is 180 Å². The highest BCUT2D eigenvalue weighted by Crippen LogP contribution is 2.21. The van der Waals surface area contributed by atoms with Gasteiger partial charge in [-0.1, -0.05) is 29.8 Å². The van der Waals surface area contributed by atoms with E-state index in [9.17, 15) is 0 Å². The Hall–Kier alpha value is -1.75. The molecule has 2 aromatic rings. The van der Waals surface area contributed by atoms with E-state index in [1.165, 1.54) is 49.5 Å². The zero-order chi connectivity index (χ0) is 20.1. The van der Waals surface area contributed by atoms with Crippen LogP contribution in [0.4, 0.5) is 11.4 Å². The van der Waals surface area contributed by atoms with Crippen LogP contribution < -0.4 is 9.80 Å². The second kappa shape index (κ2) is 9.84. The van der Waals surface area contributed by atoms with E-state index < -0.39 is 0 Å². The van der Waals surface area contributed by atoms with Gasteiger partial charge in [-0.25, -0.2) is 0 Å². The van der Waals surface area contributed by atoms with E-state index >= 15 is 0 Å². The van der Waals surface area contributed by atoms with Crippen LogP contribution in [0.5, 0.6) is 0 Å². The van der Waals surface area contributed by atoms with Gasteiger partial charge in [-0.3, -0.25) is 9.80 Å². The summed E-state index contributed by atoms with van der Waals surface area (Å²) in [6.07, 6.45) is 1.27. The number of aryl methyl sites for hydroxylation is 1. The van der Waals surface area contributed by atoms with E-state index in [-0.39, 0.29) is 0 Å². The number of anilines is 2. The third kappa shape index (κ3) is 5.65. The predicted molar refractivity (Wildman–Crippen MR) is 125 cm³/mol. The van der Waals surface area contributed by atoms with Gasteiger partial charge < -0.3 is 9.80 Å². The van der Waals surface area contributed by atoms with Gasteiger partial charge in [0, 0.05) is 68.8 Å². The summed E-state index contributed by atoms with van der Waals surface area (Å²) in [5.74, 6) is 0. The molecule has 0 radical (unpaired) electrons. The van der Waals surface area contributed by atoms with Gasteiger partial charge >= 0.3 is 0 Å². The van der Waals surface area contributed by atoms with Crippen molar-refractivity contribution in [3.63, 3.8) is 0 Å². The molecule has 2 heterocycles. The molecule has 156 valence electrons. The molecule has 0 atom stereocenters. The van der Waals surface area contributed by atoms with Crippen molar-refractivity contribution in [3.05, 3.63) is 59.1 Å². The molecule has 0 unspecified atom stereocenters. The number of piperazine rings is 2. The minimum absolute atomic E-state index is 0.826. The molecule has 5 heteroatoms. The molecular formula is C24H33ClN4. The molecule has 4 rings (SSSR count). The van der Waals surface area contributed by atoms with Crippen LogP contribution in [0, 0.1) is 6.92 Å². The number of rotatable bonds is 6. The smallest absolute Gasteiger partial charge is 0.0426 e. The Balaban J connectivity index is 1.14. The number of hydrogen-bond acceptors (Lipinski definition) is 4. The minimum atomic E-state index is 0.826. The molecule has 2 aliphatic rings. The van der Waals surface area contributed by atoms with E-state index in [2.05, 4.69) is 62.9 Å². The van der Waals surface area contributed by atoms with Crippen molar-refractivity contribution in [2.75, 3.05) is 75.2 Å². The van der Waals surface area contributed by atoms with Gasteiger partial charge in [0.05, 0.1) is 0 Å². The summed E-state index contributed by atoms with van der Waals surface area (Å²) < 4.78 is 0. The van der Waals surface area contributed by atoms with E-state index in [4.69, 9.17) is 11.6 Å². The third-order valence-corrected chi connectivity index (χ3v) is 6.47. The summed E-state index contributed by atoms with van der Waals surface area (Å²) >= 11 is 6.14. The number of benzene rings is 2. The fourth-order valence-electron chi connectivity index (χ4n) is 4.47. The van der Waals surface area contributed by atoms with Crippen molar-refractivity contribution in [1.82, 2.24) is 9.80 Å². The summed E-state index contributed by atoms with van der Waals surface area (Å²) in [6.45, 7) is 13.7. The maximum atomic E-state index is 6.14. The maximum Gasteiger partial charge on any atom is 0.0426 e. The van der Waals surface area contributed by atoms with Crippen molar-refractivity contribution < 1.29 is 0 Å². The monoisotopic (exact) mass is 412 g/mol. The van der Waals surface area contributed by atoms with Gasteiger partial charge in [0.1, 0.15) is 0 Å². The highest BCUT2D eigenvalue weighted by molar-refractivity contribution is 6.30. The van der Waals surface area contributed by atoms with Crippen molar-refractivity contribution in [2.24, 2.45) is 0 Å². The fraction of sp³-hybridized carbons (Fsp3) is 0.500. The first-order chi connectivity index (χ1) is 14.2. The Bertz CT molecular complexity index is 714. The van der Waals surface area contributed by atoms with Crippen LogP contribution in [0.3, 0.4) is 0 Å². The van der Waals surface area contributed by atoms with Crippen LogP contribution in [0.25, 0.3) is 0 Å². The number of halogens is 1. The first kappa shape index (κ1) is 20.5. The molecule has 29 heavy (non-hydrogen) atoms. The Morgan fingerprint density at radius 1 is 0.690 bits per heavy atom. The molecule has 0 bridgehead atoms. The molecule has 0 saturated carbocycles. The summed E-state index contributed by atoms with van der Waals surface area (Å²) in [6, 6.07) is 17.1. The van der Waals surface area contributed by atoms with Gasteiger partial charge in [-0.05, 0) is 62.3 Å². The lowest BCUT2D eigenvalue weighted by molar-refractivity contribution is 0.213. The van der Waals surface area contributed by atoms with E-state index in [1.54, 1.807) is 0 Å². The molecular weight excluding hydrogens is 380 g/mol. The maximum absolute atomic E-state index is 6.14.